The molecular weight excluding hydrogens is 991 g/mol. The van der Waals surface area contributed by atoms with Crippen LogP contribution < -0.4 is 111 Å². The third-order valence-electron chi connectivity index (χ3n) is 10.4. The molecule has 24 nitrogen and oxygen atoms in total. The number of nitrogens with two attached hydrogens (primary N) is 1. The number of phosphoric acid groups is 3. The van der Waals surface area contributed by atoms with Gasteiger partial charge in [0.15, 0.2) is 22.8 Å². The zero-order valence-corrected chi connectivity index (χ0v) is 45.5. The number of aliphatic hydroxyl groups excluding tert-OH is 2. The fourth-order valence-electron chi connectivity index (χ4n) is 6.68. The van der Waals surface area contributed by atoms with E-state index in [1.165, 1.54) is 52.4 Å². The van der Waals surface area contributed by atoms with Gasteiger partial charge in [0, 0.05) is 37.1 Å². The Morgan fingerprint density at radius 1 is 0.873 bits per heavy atom. The summed E-state index contributed by atoms with van der Waals surface area (Å²) in [5, 5.41) is 26.5. The molecule has 6 N–H and O–H groups in total. The van der Waals surface area contributed by atoms with Crippen molar-refractivity contribution in [3.8, 4) is 0 Å². The first-order chi connectivity index (χ1) is 31.6. The van der Waals surface area contributed by atoms with Gasteiger partial charge in [-0.15, -0.1) is 0 Å². The van der Waals surface area contributed by atoms with Gasteiger partial charge in [0.25, 0.3) is 15.6 Å². The number of nitrogens with zero attached hydrogens (tertiary/aromatic N) is 4. The van der Waals surface area contributed by atoms with Crippen LogP contribution in [0.4, 0.5) is 5.82 Å². The molecule has 0 saturated carbocycles. The second-order valence-electron chi connectivity index (χ2n) is 16.5. The van der Waals surface area contributed by atoms with Crippen LogP contribution in [-0.4, -0.2) is 103 Å². The number of imidazole rings is 1. The van der Waals surface area contributed by atoms with Crippen LogP contribution in [0.3, 0.4) is 0 Å². The van der Waals surface area contributed by atoms with E-state index in [0.717, 1.165) is 73.9 Å². The van der Waals surface area contributed by atoms with Crippen LogP contribution >= 0.6 is 35.2 Å². The quantitative estimate of drug-likeness (QED) is 0.0188. The predicted octanol–water partition coefficient (Wildman–Crippen LogP) is -9.81. The van der Waals surface area contributed by atoms with Gasteiger partial charge >= 0.3 is 75.4 Å². The number of phosphoric ester groups is 3. The van der Waals surface area contributed by atoms with E-state index in [-0.39, 0.29) is 117 Å². The summed E-state index contributed by atoms with van der Waals surface area (Å²) >= 11 is 1.14. The number of thioether (sulfide) groups is 1. The summed E-state index contributed by atoms with van der Waals surface area (Å²) in [6, 6.07) is 0. The molecule has 2 aromatic heterocycles. The fraction of sp³-hybridized carbons (Fsp3) is 0.744. The first kappa shape index (κ1) is 72.8. The van der Waals surface area contributed by atoms with Gasteiger partial charge in [-0.25, -0.2) is 19.3 Å². The van der Waals surface area contributed by atoms with E-state index in [1.54, 1.807) is 0 Å². The minimum Gasteiger partial charge on any atom is -0.790 e. The number of hydrogen-bond acceptors (Lipinski definition) is 22. The Morgan fingerprint density at radius 2 is 1.46 bits per heavy atom. The molecule has 2 amide bonds. The standard InChI is InChI=1S/C39H68N7O17P3S.4Li/c1-4-5-6-7-8-9-10-11-12-13-14-15-16-17-18-19-30(48)67-23-22-41-29(47)20-21-42-37(51)34(50)39(2,3)25-60-66(57,58)63-65(55,56)59-24-28-33(62-64(52,53)54)32(49)38(61-28)46-27-45-31-35(40)43-26-44-36(31)46;;;;/h11-12,26-28,32-34,38,49-50H,4-10,13-25H2,1-3H3,(H,41,47)(H,42,51)(H,55,56)(H,57,58)(H2,40,43,44)(H2,52,53,54);;;;/q;4*+1/p-4. The number of aliphatic hydroxyl groups is 2. The summed E-state index contributed by atoms with van der Waals surface area (Å²) in [5.74, 6) is -1.14. The molecule has 32 heteroatoms. The molecule has 2 aromatic rings. The number of anilines is 1. The third kappa shape index (κ3) is 28.1. The molecular formula is C39H64Li4N7O17P3S. The van der Waals surface area contributed by atoms with E-state index >= 15 is 0 Å². The van der Waals surface area contributed by atoms with Crippen molar-refractivity contribution in [1.29, 1.82) is 0 Å². The van der Waals surface area contributed by atoms with Gasteiger partial charge in [-0.3, -0.25) is 28.1 Å². The number of rotatable bonds is 34. The number of carbonyl (C=O) groups is 3. The number of aromatic nitrogens is 4. The van der Waals surface area contributed by atoms with Crippen LogP contribution in [0.2, 0.25) is 0 Å². The minimum atomic E-state index is -5.92. The maximum absolute atomic E-state index is 12.6. The topological polar surface area (TPSA) is 375 Å². The monoisotopic (exact) mass is 1060 g/mol. The average molecular weight is 1060 g/mol. The number of ether oxygens (including phenoxy) is 1. The molecule has 1 saturated heterocycles. The van der Waals surface area contributed by atoms with E-state index in [9.17, 15) is 57.9 Å². The number of hydrogen-bond donors (Lipinski definition) is 5. The average Bonchev–Trinajstić information content (AvgIpc) is 3.81. The van der Waals surface area contributed by atoms with Gasteiger partial charge in [0.05, 0.1) is 27.4 Å². The Kier molecular flexibility index (Phi) is 37.6. The van der Waals surface area contributed by atoms with E-state index in [1.807, 2.05) is 0 Å². The fourth-order valence-corrected chi connectivity index (χ4v) is 10.1. The van der Waals surface area contributed by atoms with Crippen molar-refractivity contribution in [2.24, 2.45) is 5.41 Å². The second-order valence-corrected chi connectivity index (χ2v) is 21.8. The molecule has 382 valence electrons. The minimum absolute atomic E-state index is 0. The van der Waals surface area contributed by atoms with Gasteiger partial charge < -0.3 is 69.0 Å². The predicted molar refractivity (Wildman–Crippen MR) is 238 cm³/mol. The van der Waals surface area contributed by atoms with Crippen LogP contribution in [0.15, 0.2) is 24.8 Å². The van der Waals surface area contributed by atoms with Crippen molar-refractivity contribution < 1.29 is 156 Å². The van der Waals surface area contributed by atoms with Gasteiger partial charge in [-0.2, -0.15) is 0 Å². The molecule has 0 bridgehead atoms. The zero-order chi connectivity index (χ0) is 49.7. The summed E-state index contributed by atoms with van der Waals surface area (Å²) in [6.07, 6.45) is 12.7. The van der Waals surface area contributed by atoms with Crippen LogP contribution in [0.5, 0.6) is 0 Å². The zero-order valence-electron chi connectivity index (χ0n) is 42.0. The summed E-state index contributed by atoms with van der Waals surface area (Å²) in [7, 11) is -17.6. The first-order valence-electron chi connectivity index (χ1n) is 22.2. The Balaban J connectivity index is 0. The summed E-state index contributed by atoms with van der Waals surface area (Å²) in [6.45, 7) is 2.39. The molecule has 1 aliphatic heterocycles. The Morgan fingerprint density at radius 3 is 2.08 bits per heavy atom. The van der Waals surface area contributed by atoms with E-state index in [2.05, 4.69) is 62.5 Å². The van der Waals surface area contributed by atoms with Crippen molar-refractivity contribution >= 4 is 69.1 Å². The molecule has 71 heavy (non-hydrogen) atoms. The third-order valence-corrected chi connectivity index (χ3v) is 14.3. The molecule has 1 fully saturated rings. The number of nitrogen functional groups attached to an aromatic ring is 1. The van der Waals surface area contributed by atoms with Crippen LogP contribution in [-0.2, 0) is 50.7 Å². The van der Waals surface area contributed by atoms with Gasteiger partial charge in [-0.1, -0.05) is 96.1 Å². The smallest absolute Gasteiger partial charge is 0.790 e. The summed E-state index contributed by atoms with van der Waals surface area (Å²) in [4.78, 5) is 96.8. The Hall–Kier alpha value is -0.310. The number of carbonyl (C=O) groups excluding carboxylic acids is 3. The Bertz CT molecular complexity index is 2070. The first-order valence-corrected chi connectivity index (χ1v) is 27.5. The molecule has 3 rings (SSSR count). The second kappa shape index (κ2) is 36.7. The molecule has 7 unspecified atom stereocenters. The van der Waals surface area contributed by atoms with Crippen LogP contribution in [0, 0.1) is 5.41 Å². The van der Waals surface area contributed by atoms with Gasteiger partial charge in [0.1, 0.15) is 36.3 Å². The van der Waals surface area contributed by atoms with E-state index < -0.39 is 84.6 Å². The summed E-state index contributed by atoms with van der Waals surface area (Å²) in [5.41, 5.74) is 4.09. The number of fused-ring (bicyclic) bond motifs is 1. The van der Waals surface area contributed by atoms with Gasteiger partial charge in [0.2, 0.25) is 11.8 Å². The maximum Gasteiger partial charge on any atom is 1.00 e. The van der Waals surface area contributed by atoms with Crippen molar-refractivity contribution in [1.82, 2.24) is 30.2 Å². The molecule has 3 heterocycles. The largest absolute Gasteiger partial charge is 1.00 e. The molecule has 0 aliphatic carbocycles. The normalized spacial score (nSPS) is 19.1. The van der Waals surface area contributed by atoms with Crippen molar-refractivity contribution in [2.45, 2.75) is 148 Å². The van der Waals surface area contributed by atoms with Crippen LogP contribution in [0.1, 0.15) is 123 Å². The number of nitrogens with one attached hydrogen (secondary N) is 2. The molecule has 7 atom stereocenters. The molecule has 1 aliphatic rings. The van der Waals surface area contributed by atoms with Crippen LogP contribution in [0.25, 0.3) is 11.2 Å². The Labute approximate surface area is 467 Å². The maximum atomic E-state index is 12.6. The van der Waals surface area contributed by atoms with Crippen molar-refractivity contribution in [2.75, 3.05) is 37.8 Å². The van der Waals surface area contributed by atoms with E-state index in [0.29, 0.717) is 12.2 Å². The number of amides is 2. The molecule has 0 spiro atoms. The molecule has 0 radical (unpaired) electrons. The summed E-state index contributed by atoms with van der Waals surface area (Å²) < 4.78 is 60.8. The number of unbranched alkanes of at least 4 members (excludes halogenated alkanes) is 11. The molecule has 0 aromatic carbocycles. The van der Waals surface area contributed by atoms with Crippen molar-refractivity contribution in [3.63, 3.8) is 0 Å². The van der Waals surface area contributed by atoms with Crippen molar-refractivity contribution in [3.05, 3.63) is 24.8 Å². The SMILES string of the molecule is CCCCCCCCC=CCCCCCCCC(=O)SCCNC(=O)CCNC(=O)C(O)C(C)(C)COP(=O)([O-])OP(=O)([O-])OCC1OC(n2cnc3c(N)ncnc32)C(O)C1OP(=O)([O-])[O-].[Li+].[Li+].[Li+].[Li+]. The number of allylic oxidation sites excluding steroid dienone is 2. The van der Waals surface area contributed by atoms with Gasteiger partial charge in [-0.05, 0) is 32.1 Å². The van der Waals surface area contributed by atoms with E-state index in [4.69, 9.17) is 10.5 Å².